The lowest BCUT2D eigenvalue weighted by molar-refractivity contribution is -0.139. The number of carbonyl (C=O) groups is 2. The molecule has 2 aromatic carbocycles. The Hall–Kier alpha value is -3.48. The smallest absolute Gasteiger partial charge is 0.295 e. The van der Waals surface area contributed by atoms with Gasteiger partial charge >= 0.3 is 0 Å². The monoisotopic (exact) mass is 439 g/mol. The summed E-state index contributed by atoms with van der Waals surface area (Å²) in [4.78, 5) is 27.5. The van der Waals surface area contributed by atoms with E-state index in [1.165, 1.54) is 19.1 Å². The Balaban J connectivity index is 2.14. The van der Waals surface area contributed by atoms with Crippen LogP contribution in [0, 0.1) is 0 Å². The molecule has 0 saturated carbocycles. The molecule has 1 heterocycles. The minimum Gasteiger partial charge on any atom is -0.507 e. The Morgan fingerprint density at radius 1 is 1.00 bits per heavy atom. The summed E-state index contributed by atoms with van der Waals surface area (Å²) in [6.45, 7) is 4.82. The number of rotatable bonds is 9. The first-order valence-electron chi connectivity index (χ1n) is 10.7. The first-order valence-corrected chi connectivity index (χ1v) is 10.7. The van der Waals surface area contributed by atoms with E-state index in [0.29, 0.717) is 41.5 Å². The van der Waals surface area contributed by atoms with Crippen LogP contribution in [0.1, 0.15) is 43.9 Å². The van der Waals surface area contributed by atoms with Crippen LogP contribution in [-0.2, 0) is 9.59 Å². The molecule has 0 spiro atoms. The summed E-state index contributed by atoms with van der Waals surface area (Å²) in [6.07, 6.45) is 1.60. The molecule has 1 aliphatic heterocycles. The highest BCUT2D eigenvalue weighted by Gasteiger charge is 2.46. The highest BCUT2D eigenvalue weighted by Crippen LogP contribution is 2.42. The van der Waals surface area contributed by atoms with E-state index in [2.05, 4.69) is 0 Å². The predicted molar refractivity (Wildman–Crippen MR) is 121 cm³/mol. The molecule has 2 aromatic rings. The van der Waals surface area contributed by atoms with Crippen LogP contribution in [0.15, 0.2) is 48.0 Å². The lowest BCUT2D eigenvalue weighted by Gasteiger charge is -2.25. The Labute approximate surface area is 188 Å². The van der Waals surface area contributed by atoms with Crippen LogP contribution >= 0.6 is 0 Å². The van der Waals surface area contributed by atoms with E-state index in [1.54, 1.807) is 42.5 Å². The highest BCUT2D eigenvalue weighted by molar-refractivity contribution is 6.46. The van der Waals surface area contributed by atoms with Crippen LogP contribution in [0.5, 0.6) is 17.2 Å². The number of hydrogen-bond acceptors (Lipinski definition) is 6. The van der Waals surface area contributed by atoms with Crippen molar-refractivity contribution in [3.63, 3.8) is 0 Å². The van der Waals surface area contributed by atoms with Gasteiger partial charge in [0, 0.05) is 12.1 Å². The average molecular weight is 440 g/mol. The number of methoxy groups -OCH3 is 2. The number of ether oxygens (including phenoxy) is 3. The maximum atomic E-state index is 13.0. The average Bonchev–Trinajstić information content (AvgIpc) is 3.07. The van der Waals surface area contributed by atoms with Gasteiger partial charge in [0.05, 0.1) is 32.4 Å². The fraction of sp³-hybridized carbons (Fsp3) is 0.360. The summed E-state index contributed by atoms with van der Waals surface area (Å²) >= 11 is 0. The second kappa shape index (κ2) is 10.2. The molecule has 0 aromatic heterocycles. The summed E-state index contributed by atoms with van der Waals surface area (Å²) in [5.41, 5.74) is 1.15. The molecule has 1 saturated heterocycles. The first-order chi connectivity index (χ1) is 15.5. The standard InChI is InChI=1S/C25H29NO6/c1-5-7-14-26-22(17-10-13-19(30-3)20(15-17)31-4)21(24(28)25(26)29)23(27)16-8-11-18(12-9-16)32-6-2/h8-13,15,22,27H,5-7,14H2,1-4H3/b23-21-. The van der Waals surface area contributed by atoms with E-state index in [-0.39, 0.29) is 11.3 Å². The van der Waals surface area contributed by atoms with Gasteiger partial charge in [-0.25, -0.2) is 0 Å². The van der Waals surface area contributed by atoms with Crippen molar-refractivity contribution in [3.8, 4) is 17.2 Å². The molecule has 1 atom stereocenters. The van der Waals surface area contributed by atoms with Crippen molar-refractivity contribution in [2.75, 3.05) is 27.4 Å². The van der Waals surface area contributed by atoms with Crippen LogP contribution < -0.4 is 14.2 Å². The number of carbonyl (C=O) groups excluding carboxylic acids is 2. The van der Waals surface area contributed by atoms with Gasteiger partial charge in [-0.05, 0) is 55.3 Å². The van der Waals surface area contributed by atoms with Crippen molar-refractivity contribution in [1.29, 1.82) is 0 Å². The summed E-state index contributed by atoms with van der Waals surface area (Å²) in [6, 6.07) is 11.3. The van der Waals surface area contributed by atoms with Crippen LogP contribution in [-0.4, -0.2) is 49.1 Å². The van der Waals surface area contributed by atoms with Crippen LogP contribution in [0.25, 0.3) is 5.76 Å². The molecule has 7 nitrogen and oxygen atoms in total. The molecule has 0 bridgehead atoms. The van der Waals surface area contributed by atoms with Crippen molar-refractivity contribution in [1.82, 2.24) is 4.90 Å². The number of aliphatic hydroxyl groups is 1. The van der Waals surface area contributed by atoms with Gasteiger partial charge in [0.2, 0.25) is 0 Å². The molecule has 7 heteroatoms. The lowest BCUT2D eigenvalue weighted by Crippen LogP contribution is -2.30. The van der Waals surface area contributed by atoms with Crippen molar-refractivity contribution < 1.29 is 28.9 Å². The summed E-state index contributed by atoms with van der Waals surface area (Å²) in [5, 5.41) is 11.1. The van der Waals surface area contributed by atoms with E-state index >= 15 is 0 Å². The number of hydrogen-bond donors (Lipinski definition) is 1. The fourth-order valence-corrected chi connectivity index (χ4v) is 3.84. The number of aliphatic hydroxyl groups excluding tert-OH is 1. The molecule has 170 valence electrons. The van der Waals surface area contributed by atoms with E-state index in [0.717, 1.165) is 12.8 Å². The van der Waals surface area contributed by atoms with Gasteiger partial charge in [0.15, 0.2) is 11.5 Å². The predicted octanol–water partition coefficient (Wildman–Crippen LogP) is 4.32. The van der Waals surface area contributed by atoms with Crippen molar-refractivity contribution in [3.05, 3.63) is 59.2 Å². The van der Waals surface area contributed by atoms with Gasteiger partial charge in [-0.15, -0.1) is 0 Å². The van der Waals surface area contributed by atoms with Gasteiger partial charge in [-0.3, -0.25) is 9.59 Å². The largest absolute Gasteiger partial charge is 0.507 e. The van der Waals surface area contributed by atoms with E-state index in [1.807, 2.05) is 13.8 Å². The lowest BCUT2D eigenvalue weighted by atomic mass is 9.95. The number of nitrogens with zero attached hydrogens (tertiary/aromatic N) is 1. The van der Waals surface area contributed by atoms with E-state index in [9.17, 15) is 14.7 Å². The van der Waals surface area contributed by atoms with Crippen LogP contribution in [0.4, 0.5) is 0 Å². The van der Waals surface area contributed by atoms with Crippen LogP contribution in [0.3, 0.4) is 0 Å². The normalized spacial score (nSPS) is 17.5. The Kier molecular flexibility index (Phi) is 7.41. The third kappa shape index (κ3) is 4.42. The maximum Gasteiger partial charge on any atom is 0.295 e. The Morgan fingerprint density at radius 2 is 1.69 bits per heavy atom. The molecule has 0 radical (unpaired) electrons. The molecule has 1 unspecified atom stereocenters. The van der Waals surface area contributed by atoms with E-state index in [4.69, 9.17) is 14.2 Å². The van der Waals surface area contributed by atoms with Crippen molar-refractivity contribution in [2.24, 2.45) is 0 Å². The zero-order valence-corrected chi connectivity index (χ0v) is 18.9. The number of unbranched alkanes of at least 4 members (excludes halogenated alkanes) is 1. The summed E-state index contributed by atoms with van der Waals surface area (Å²) in [5.74, 6) is 0.132. The third-order valence-electron chi connectivity index (χ3n) is 5.45. The van der Waals surface area contributed by atoms with Gasteiger partial charge in [-0.2, -0.15) is 0 Å². The Bertz CT molecular complexity index is 1010. The van der Waals surface area contributed by atoms with E-state index < -0.39 is 17.7 Å². The fourth-order valence-electron chi connectivity index (χ4n) is 3.84. The quantitative estimate of drug-likeness (QED) is 0.356. The van der Waals surface area contributed by atoms with Crippen molar-refractivity contribution >= 4 is 17.4 Å². The molecule has 0 aliphatic carbocycles. The van der Waals surface area contributed by atoms with Gasteiger partial charge < -0.3 is 24.2 Å². The number of amides is 1. The third-order valence-corrected chi connectivity index (χ3v) is 5.45. The van der Waals surface area contributed by atoms with Gasteiger partial charge in [-0.1, -0.05) is 19.4 Å². The summed E-state index contributed by atoms with van der Waals surface area (Å²) < 4.78 is 16.2. The van der Waals surface area contributed by atoms with Gasteiger partial charge in [0.1, 0.15) is 11.5 Å². The zero-order chi connectivity index (χ0) is 23.3. The number of likely N-dealkylation sites (tertiary alicyclic amines) is 1. The van der Waals surface area contributed by atoms with Crippen molar-refractivity contribution in [2.45, 2.75) is 32.7 Å². The molecular formula is C25H29NO6. The number of ketones is 1. The minimum absolute atomic E-state index is 0.0579. The molecule has 1 aliphatic rings. The summed E-state index contributed by atoms with van der Waals surface area (Å²) in [7, 11) is 3.06. The molecule has 1 fully saturated rings. The molecule has 32 heavy (non-hydrogen) atoms. The minimum atomic E-state index is -0.729. The molecular weight excluding hydrogens is 410 g/mol. The number of Topliss-reactive ketones (excluding diaryl/α,β-unsaturated/α-hetero) is 1. The second-order valence-electron chi connectivity index (χ2n) is 7.42. The zero-order valence-electron chi connectivity index (χ0n) is 18.9. The topological polar surface area (TPSA) is 85.3 Å². The first kappa shape index (κ1) is 23.2. The molecule has 1 N–H and O–H groups in total. The highest BCUT2D eigenvalue weighted by atomic mass is 16.5. The maximum absolute atomic E-state index is 13.0. The number of benzene rings is 2. The second-order valence-corrected chi connectivity index (χ2v) is 7.42. The molecule has 1 amide bonds. The Morgan fingerprint density at radius 3 is 2.28 bits per heavy atom. The van der Waals surface area contributed by atoms with Gasteiger partial charge in [0.25, 0.3) is 11.7 Å². The SMILES string of the molecule is CCCCN1C(=O)C(=O)/C(=C(\O)c2ccc(OCC)cc2)C1c1ccc(OC)c(OC)c1. The molecule has 3 rings (SSSR count). The van der Waals surface area contributed by atoms with Crippen LogP contribution in [0.2, 0.25) is 0 Å².